The van der Waals surface area contributed by atoms with Crippen LogP contribution in [0.2, 0.25) is 0 Å². The summed E-state index contributed by atoms with van der Waals surface area (Å²) in [5.74, 6) is 0.264. The second-order valence-electron chi connectivity index (χ2n) is 5.69. The Morgan fingerprint density at radius 1 is 0.917 bits per heavy atom. The number of rotatable bonds is 4. The Kier molecular flexibility index (Phi) is 3.63. The van der Waals surface area contributed by atoms with Crippen LogP contribution in [-0.4, -0.2) is 15.1 Å². The molecule has 4 rings (SSSR count). The molecule has 2 aromatic carbocycles. The second kappa shape index (κ2) is 6.08. The lowest BCUT2D eigenvalue weighted by molar-refractivity contribution is 0.475. The van der Waals surface area contributed by atoms with E-state index < -0.39 is 0 Å². The van der Waals surface area contributed by atoms with Gasteiger partial charge in [-0.25, -0.2) is 0 Å². The van der Waals surface area contributed by atoms with E-state index in [4.69, 9.17) is 0 Å². The summed E-state index contributed by atoms with van der Waals surface area (Å²) in [5.41, 5.74) is 4.34. The Bertz CT molecular complexity index is 945. The van der Waals surface area contributed by atoms with Crippen molar-refractivity contribution in [1.29, 1.82) is 0 Å². The van der Waals surface area contributed by atoms with E-state index in [0.717, 1.165) is 22.3 Å². The number of H-pyrrole nitrogens is 1. The van der Waals surface area contributed by atoms with Crippen molar-refractivity contribution in [2.45, 2.75) is 6.04 Å². The van der Waals surface area contributed by atoms with Crippen LogP contribution in [0.4, 0.5) is 5.69 Å². The van der Waals surface area contributed by atoms with Gasteiger partial charge < -0.3 is 15.4 Å². The monoisotopic (exact) mass is 315 g/mol. The molecule has 2 heterocycles. The number of hydrogen-bond donors (Lipinski definition) is 3. The zero-order valence-electron chi connectivity index (χ0n) is 13.0. The first-order valence-electron chi connectivity index (χ1n) is 7.83. The molecule has 24 heavy (non-hydrogen) atoms. The Hall–Kier alpha value is -3.27. The molecule has 0 fully saturated rings. The minimum absolute atomic E-state index is 0.0378. The molecule has 0 aliphatic heterocycles. The van der Waals surface area contributed by atoms with Crippen molar-refractivity contribution >= 4 is 16.6 Å². The van der Waals surface area contributed by atoms with E-state index in [0.29, 0.717) is 0 Å². The highest BCUT2D eigenvalue weighted by atomic mass is 16.3. The van der Waals surface area contributed by atoms with Gasteiger partial charge in [0.2, 0.25) is 0 Å². The molecular weight excluding hydrogens is 298 g/mol. The van der Waals surface area contributed by atoms with E-state index >= 15 is 0 Å². The minimum atomic E-state index is -0.0378. The molecule has 0 spiro atoms. The van der Waals surface area contributed by atoms with Crippen LogP contribution in [0, 0.1) is 0 Å². The Morgan fingerprint density at radius 3 is 2.46 bits per heavy atom. The summed E-state index contributed by atoms with van der Waals surface area (Å²) in [5, 5.41) is 14.3. The Balaban J connectivity index is 1.82. The summed E-state index contributed by atoms with van der Waals surface area (Å²) in [6.45, 7) is 0. The first-order valence-corrected chi connectivity index (χ1v) is 7.83. The van der Waals surface area contributed by atoms with Gasteiger partial charge in [-0.3, -0.25) is 4.98 Å². The summed E-state index contributed by atoms with van der Waals surface area (Å²) < 4.78 is 0. The maximum Gasteiger partial charge on any atom is 0.115 e. The number of aromatic amines is 1. The first-order chi connectivity index (χ1) is 11.8. The second-order valence-corrected chi connectivity index (χ2v) is 5.69. The van der Waals surface area contributed by atoms with Crippen molar-refractivity contribution < 1.29 is 5.11 Å². The number of phenolic OH excluding ortho intramolecular Hbond substituents is 1. The molecule has 4 nitrogen and oxygen atoms in total. The van der Waals surface area contributed by atoms with Crippen molar-refractivity contribution in [3.63, 3.8) is 0 Å². The number of anilines is 1. The molecule has 0 amide bonds. The molecule has 3 N–H and O–H groups in total. The third-order valence-corrected chi connectivity index (χ3v) is 4.15. The standard InChI is InChI=1S/C20H17N3O/c24-16-7-5-14(6-8-16)20(23-15-9-11-21-12-10-15)18-13-22-19-4-2-1-3-17(18)19/h1-13,20,22,24H,(H,21,23). The molecule has 1 unspecified atom stereocenters. The van der Waals surface area contributed by atoms with Crippen molar-refractivity contribution in [1.82, 2.24) is 9.97 Å². The summed E-state index contributed by atoms with van der Waals surface area (Å²) in [6, 6.07) is 19.4. The van der Waals surface area contributed by atoms with E-state index in [1.165, 1.54) is 5.39 Å². The predicted molar refractivity (Wildman–Crippen MR) is 96.1 cm³/mol. The molecule has 1 atom stereocenters. The van der Waals surface area contributed by atoms with Crippen molar-refractivity contribution in [3.05, 3.63) is 90.4 Å². The molecule has 4 aromatic rings. The summed E-state index contributed by atoms with van der Waals surface area (Å²) in [6.07, 6.45) is 5.58. The quantitative estimate of drug-likeness (QED) is 0.521. The zero-order valence-corrected chi connectivity index (χ0v) is 13.0. The number of para-hydroxylation sites is 1. The number of fused-ring (bicyclic) bond motifs is 1. The maximum absolute atomic E-state index is 9.60. The fourth-order valence-electron chi connectivity index (χ4n) is 2.96. The maximum atomic E-state index is 9.60. The predicted octanol–water partition coefficient (Wildman–Crippen LogP) is 4.47. The number of phenols is 1. The Morgan fingerprint density at radius 2 is 1.67 bits per heavy atom. The van der Waals surface area contributed by atoms with Crippen molar-refractivity contribution in [3.8, 4) is 5.75 Å². The van der Waals surface area contributed by atoms with Crippen LogP contribution in [0.5, 0.6) is 5.75 Å². The molecule has 0 aliphatic carbocycles. The minimum Gasteiger partial charge on any atom is -0.508 e. The fraction of sp³-hybridized carbons (Fsp3) is 0.0500. The highest BCUT2D eigenvalue weighted by Crippen LogP contribution is 2.32. The van der Waals surface area contributed by atoms with Gasteiger partial charge in [-0.1, -0.05) is 30.3 Å². The van der Waals surface area contributed by atoms with Crippen LogP contribution in [0.3, 0.4) is 0 Å². The van der Waals surface area contributed by atoms with E-state index in [1.807, 2.05) is 42.6 Å². The molecule has 0 saturated heterocycles. The first kappa shape index (κ1) is 14.3. The van der Waals surface area contributed by atoms with Gasteiger partial charge in [-0.15, -0.1) is 0 Å². The van der Waals surface area contributed by atoms with Crippen LogP contribution in [0.15, 0.2) is 79.3 Å². The smallest absolute Gasteiger partial charge is 0.115 e. The van der Waals surface area contributed by atoms with Crippen LogP contribution >= 0.6 is 0 Å². The molecule has 118 valence electrons. The molecule has 0 radical (unpaired) electrons. The number of pyridine rings is 1. The third-order valence-electron chi connectivity index (χ3n) is 4.15. The van der Waals surface area contributed by atoms with Gasteiger partial charge in [-0.2, -0.15) is 0 Å². The molecular formula is C20H17N3O. The average molecular weight is 315 g/mol. The molecule has 2 aromatic heterocycles. The number of nitrogens with one attached hydrogen (secondary N) is 2. The molecule has 0 bridgehead atoms. The lowest BCUT2D eigenvalue weighted by Gasteiger charge is -2.20. The molecule has 0 saturated carbocycles. The van der Waals surface area contributed by atoms with E-state index in [2.05, 4.69) is 27.4 Å². The lowest BCUT2D eigenvalue weighted by atomic mass is 9.97. The fourth-order valence-corrected chi connectivity index (χ4v) is 2.96. The summed E-state index contributed by atoms with van der Waals surface area (Å²) in [7, 11) is 0. The zero-order chi connectivity index (χ0) is 16.4. The van der Waals surface area contributed by atoms with Crippen molar-refractivity contribution in [2.75, 3.05) is 5.32 Å². The van der Waals surface area contributed by atoms with Crippen LogP contribution in [-0.2, 0) is 0 Å². The van der Waals surface area contributed by atoms with E-state index in [1.54, 1.807) is 24.5 Å². The topological polar surface area (TPSA) is 60.9 Å². The van der Waals surface area contributed by atoms with Crippen LogP contribution < -0.4 is 5.32 Å². The number of hydrogen-bond acceptors (Lipinski definition) is 3. The third kappa shape index (κ3) is 2.70. The number of aromatic nitrogens is 2. The van der Waals surface area contributed by atoms with Crippen LogP contribution in [0.1, 0.15) is 17.2 Å². The van der Waals surface area contributed by atoms with Crippen molar-refractivity contribution in [2.24, 2.45) is 0 Å². The number of aromatic hydroxyl groups is 1. The molecule has 0 aliphatic rings. The molecule has 4 heteroatoms. The summed E-state index contributed by atoms with van der Waals surface area (Å²) >= 11 is 0. The lowest BCUT2D eigenvalue weighted by Crippen LogP contribution is -2.12. The van der Waals surface area contributed by atoms with Gasteiger partial charge in [0, 0.05) is 40.7 Å². The van der Waals surface area contributed by atoms with Gasteiger partial charge in [-0.05, 0) is 35.9 Å². The van der Waals surface area contributed by atoms with Gasteiger partial charge >= 0.3 is 0 Å². The Labute approximate surface area is 139 Å². The van der Waals surface area contributed by atoms with E-state index in [-0.39, 0.29) is 11.8 Å². The normalized spacial score (nSPS) is 12.2. The van der Waals surface area contributed by atoms with E-state index in [9.17, 15) is 5.11 Å². The average Bonchev–Trinajstić information content (AvgIpc) is 3.05. The number of nitrogens with zero attached hydrogens (tertiary/aromatic N) is 1. The van der Waals surface area contributed by atoms with Gasteiger partial charge in [0.15, 0.2) is 0 Å². The largest absolute Gasteiger partial charge is 0.508 e. The highest BCUT2D eigenvalue weighted by molar-refractivity contribution is 5.84. The number of benzene rings is 2. The van der Waals surface area contributed by atoms with Gasteiger partial charge in [0.05, 0.1) is 6.04 Å². The highest BCUT2D eigenvalue weighted by Gasteiger charge is 2.18. The van der Waals surface area contributed by atoms with Gasteiger partial charge in [0.25, 0.3) is 0 Å². The van der Waals surface area contributed by atoms with Gasteiger partial charge in [0.1, 0.15) is 5.75 Å². The SMILES string of the molecule is Oc1ccc(C(Nc2ccncc2)c2c[nH]c3ccccc23)cc1. The van der Waals surface area contributed by atoms with Crippen LogP contribution in [0.25, 0.3) is 10.9 Å². The summed E-state index contributed by atoms with van der Waals surface area (Å²) in [4.78, 5) is 7.40.